The maximum atomic E-state index is 11.3. The first-order chi connectivity index (χ1) is 9.45. The van der Waals surface area contributed by atoms with Gasteiger partial charge in [-0.2, -0.15) is 0 Å². The molecule has 0 aromatic carbocycles. The van der Waals surface area contributed by atoms with Gasteiger partial charge in [0.2, 0.25) is 5.91 Å². The Kier molecular flexibility index (Phi) is 4.81. The van der Waals surface area contributed by atoms with Gasteiger partial charge < -0.3 is 15.0 Å². The van der Waals surface area contributed by atoms with Crippen molar-refractivity contribution in [3.05, 3.63) is 17.7 Å². The van der Waals surface area contributed by atoms with Gasteiger partial charge in [0, 0.05) is 18.7 Å². The van der Waals surface area contributed by atoms with Crippen molar-refractivity contribution in [2.24, 2.45) is 5.92 Å². The second kappa shape index (κ2) is 6.39. The summed E-state index contributed by atoms with van der Waals surface area (Å²) >= 11 is 0. The molecule has 1 aromatic heterocycles. The van der Waals surface area contributed by atoms with Crippen LogP contribution in [0.3, 0.4) is 0 Å². The number of hydrogen-bond acceptors (Lipinski definition) is 3. The van der Waals surface area contributed by atoms with Gasteiger partial charge in [-0.25, -0.2) is 4.98 Å². The van der Waals surface area contributed by atoms with E-state index in [4.69, 9.17) is 4.74 Å². The van der Waals surface area contributed by atoms with Crippen LogP contribution in [0.4, 0.5) is 0 Å². The smallest absolute Gasteiger partial charge is 0.217 e. The summed E-state index contributed by atoms with van der Waals surface area (Å²) in [7, 11) is 0. The highest BCUT2D eigenvalue weighted by Crippen LogP contribution is 2.33. The average molecular weight is 279 g/mol. The molecular weight excluding hydrogens is 254 g/mol. The summed E-state index contributed by atoms with van der Waals surface area (Å²) in [5.74, 6) is 0.606. The monoisotopic (exact) mass is 279 g/mol. The van der Waals surface area contributed by atoms with Crippen molar-refractivity contribution in [2.45, 2.75) is 65.2 Å². The number of carbonyl (C=O) groups excluding carboxylic acids is 1. The van der Waals surface area contributed by atoms with Gasteiger partial charge in [0.1, 0.15) is 6.10 Å². The van der Waals surface area contributed by atoms with Gasteiger partial charge in [0.25, 0.3) is 0 Å². The lowest BCUT2D eigenvalue weighted by molar-refractivity contribution is -0.122. The van der Waals surface area contributed by atoms with Gasteiger partial charge in [-0.1, -0.05) is 13.8 Å². The molecule has 0 aliphatic carbocycles. The minimum absolute atomic E-state index is 0.0256. The molecule has 1 saturated heterocycles. The summed E-state index contributed by atoms with van der Waals surface area (Å²) in [4.78, 5) is 18.8. The molecule has 3 atom stereocenters. The molecule has 1 amide bonds. The highest BCUT2D eigenvalue weighted by atomic mass is 16.5. The van der Waals surface area contributed by atoms with Gasteiger partial charge in [-0.05, 0) is 32.1 Å². The molecule has 1 aliphatic heterocycles. The molecular formula is C15H25N3O2. The first-order valence-electron chi connectivity index (χ1n) is 7.38. The lowest BCUT2D eigenvalue weighted by Crippen LogP contribution is -2.42. The quantitative estimate of drug-likeness (QED) is 0.890. The number of imidazole rings is 1. The summed E-state index contributed by atoms with van der Waals surface area (Å²) in [5.41, 5.74) is 2.01. The van der Waals surface area contributed by atoms with Crippen LogP contribution >= 0.6 is 0 Å². The molecule has 0 bridgehead atoms. The molecule has 1 fully saturated rings. The number of amides is 1. The van der Waals surface area contributed by atoms with Gasteiger partial charge in [-0.3, -0.25) is 4.79 Å². The molecule has 1 aliphatic rings. The summed E-state index contributed by atoms with van der Waals surface area (Å²) in [6.07, 6.45) is 4.54. The van der Waals surface area contributed by atoms with E-state index in [2.05, 4.69) is 29.1 Å². The number of hydrogen-bond donors (Lipinski definition) is 2. The van der Waals surface area contributed by atoms with E-state index in [-0.39, 0.29) is 24.2 Å². The lowest BCUT2D eigenvalue weighted by atomic mass is 9.92. The molecule has 0 radical (unpaired) electrons. The van der Waals surface area contributed by atoms with Gasteiger partial charge in [-0.15, -0.1) is 0 Å². The highest BCUT2D eigenvalue weighted by molar-refractivity contribution is 5.73. The number of aromatic amines is 1. The molecule has 0 spiro atoms. The van der Waals surface area contributed by atoms with Crippen molar-refractivity contribution in [2.75, 3.05) is 0 Å². The van der Waals surface area contributed by atoms with E-state index in [1.165, 1.54) is 0 Å². The number of aromatic nitrogens is 2. The number of H-pyrrole nitrogens is 1. The van der Waals surface area contributed by atoms with Crippen molar-refractivity contribution in [1.29, 1.82) is 0 Å². The zero-order valence-electron chi connectivity index (χ0n) is 12.8. The predicted octanol–water partition coefficient (Wildman–Crippen LogP) is 2.49. The van der Waals surface area contributed by atoms with Crippen LogP contribution in [-0.2, 0) is 9.53 Å². The zero-order chi connectivity index (χ0) is 14.7. The number of ether oxygens (including phenoxy) is 1. The predicted molar refractivity (Wildman–Crippen MR) is 77.2 cm³/mol. The molecule has 112 valence electrons. The fraction of sp³-hybridized carbons (Fsp3) is 0.733. The van der Waals surface area contributed by atoms with Crippen LogP contribution < -0.4 is 5.32 Å². The van der Waals surface area contributed by atoms with Crippen molar-refractivity contribution in [3.63, 3.8) is 0 Å². The maximum absolute atomic E-state index is 11.3. The van der Waals surface area contributed by atoms with E-state index in [1.807, 2.05) is 6.92 Å². The first-order valence-corrected chi connectivity index (χ1v) is 7.38. The minimum Gasteiger partial charge on any atom is -0.368 e. The van der Waals surface area contributed by atoms with E-state index in [0.717, 1.165) is 30.7 Å². The summed E-state index contributed by atoms with van der Waals surface area (Å²) in [6, 6.07) is 0.172. The van der Waals surface area contributed by atoms with E-state index < -0.39 is 0 Å². The van der Waals surface area contributed by atoms with Crippen LogP contribution in [0.1, 0.15) is 57.5 Å². The largest absolute Gasteiger partial charge is 0.368 e. The number of rotatable bonds is 4. The van der Waals surface area contributed by atoms with Gasteiger partial charge in [0.05, 0.1) is 18.1 Å². The Morgan fingerprint density at radius 1 is 1.55 bits per heavy atom. The summed E-state index contributed by atoms with van der Waals surface area (Å²) < 4.78 is 6.20. The number of carbonyl (C=O) groups is 1. The Morgan fingerprint density at radius 2 is 2.30 bits per heavy atom. The molecule has 5 nitrogen and oxygen atoms in total. The molecule has 2 N–H and O–H groups in total. The second-order valence-electron chi connectivity index (χ2n) is 6.16. The van der Waals surface area contributed by atoms with E-state index in [0.29, 0.717) is 5.92 Å². The molecule has 2 rings (SSSR count). The van der Waals surface area contributed by atoms with Crippen LogP contribution in [0.2, 0.25) is 0 Å². The first kappa shape index (κ1) is 15.0. The number of nitrogens with zero attached hydrogens (tertiary/aromatic N) is 1. The topological polar surface area (TPSA) is 67.0 Å². The Bertz CT molecular complexity index is 456. The fourth-order valence-electron chi connectivity index (χ4n) is 2.97. The zero-order valence-corrected chi connectivity index (χ0v) is 12.8. The summed E-state index contributed by atoms with van der Waals surface area (Å²) in [6.45, 7) is 7.97. The maximum Gasteiger partial charge on any atom is 0.217 e. The third kappa shape index (κ3) is 3.82. The lowest BCUT2D eigenvalue weighted by Gasteiger charge is -2.36. The van der Waals surface area contributed by atoms with Gasteiger partial charge >= 0.3 is 0 Å². The second-order valence-corrected chi connectivity index (χ2v) is 6.16. The fourth-order valence-corrected chi connectivity index (χ4v) is 2.97. The highest BCUT2D eigenvalue weighted by Gasteiger charge is 2.32. The standard InChI is InChI=1S/C15H25N3O2/c1-9(2)5-13-6-12(18-11(4)19)7-14(20-13)15-10(3)16-8-17-15/h8-9,12-14H,5-7H2,1-4H3,(H,16,17)(H,18,19)/t12-,13+,14+/m0/s1. The summed E-state index contributed by atoms with van der Waals surface area (Å²) in [5, 5.41) is 3.04. The third-order valence-corrected chi connectivity index (χ3v) is 3.72. The molecule has 5 heteroatoms. The minimum atomic E-state index is -0.0319. The van der Waals surface area contributed by atoms with Crippen molar-refractivity contribution in [1.82, 2.24) is 15.3 Å². The van der Waals surface area contributed by atoms with E-state index in [9.17, 15) is 4.79 Å². The van der Waals surface area contributed by atoms with Crippen LogP contribution in [0.15, 0.2) is 6.33 Å². The molecule has 20 heavy (non-hydrogen) atoms. The molecule has 1 aromatic rings. The van der Waals surface area contributed by atoms with Crippen LogP contribution in [0.5, 0.6) is 0 Å². The Hall–Kier alpha value is -1.36. The van der Waals surface area contributed by atoms with Crippen molar-refractivity contribution < 1.29 is 9.53 Å². The molecule has 0 unspecified atom stereocenters. The van der Waals surface area contributed by atoms with Crippen molar-refractivity contribution in [3.8, 4) is 0 Å². The van der Waals surface area contributed by atoms with Crippen molar-refractivity contribution >= 4 is 5.91 Å². The number of aryl methyl sites for hydroxylation is 1. The molecule has 0 saturated carbocycles. The normalized spacial score (nSPS) is 26.8. The molecule has 2 heterocycles. The van der Waals surface area contributed by atoms with Gasteiger partial charge in [0.15, 0.2) is 0 Å². The third-order valence-electron chi connectivity index (χ3n) is 3.72. The average Bonchev–Trinajstić information content (AvgIpc) is 2.73. The van der Waals surface area contributed by atoms with E-state index in [1.54, 1.807) is 13.3 Å². The van der Waals surface area contributed by atoms with E-state index >= 15 is 0 Å². The SMILES string of the molecule is CC(=O)N[C@H]1C[C@@H](CC(C)C)O[C@@H](c2nc[nH]c2C)C1. The Labute approximate surface area is 120 Å². The van der Waals surface area contributed by atoms with Crippen LogP contribution in [-0.4, -0.2) is 28.0 Å². The van der Waals surface area contributed by atoms with Crippen LogP contribution in [0.25, 0.3) is 0 Å². The Balaban J connectivity index is 2.11. The Morgan fingerprint density at radius 3 is 2.85 bits per heavy atom. The number of nitrogens with one attached hydrogen (secondary N) is 2. The van der Waals surface area contributed by atoms with Crippen LogP contribution in [0, 0.1) is 12.8 Å².